The van der Waals surface area contributed by atoms with Crippen LogP contribution in [-0.4, -0.2) is 48.8 Å². The van der Waals surface area contributed by atoms with Crippen molar-refractivity contribution < 1.29 is 4.74 Å². The van der Waals surface area contributed by atoms with Gasteiger partial charge < -0.3 is 10.1 Å². The van der Waals surface area contributed by atoms with Gasteiger partial charge in [-0.2, -0.15) is 0 Å². The second-order valence-corrected chi connectivity index (χ2v) is 7.45. The highest BCUT2D eigenvalue weighted by Gasteiger charge is 2.40. The number of hydrogen-bond donors (Lipinski definition) is 1. The van der Waals surface area contributed by atoms with Gasteiger partial charge in [-0.15, -0.1) is 0 Å². The largest absolute Gasteiger partial charge is 0.378 e. The molecule has 20 heavy (non-hydrogen) atoms. The maximum atomic E-state index is 5.74. The molecule has 0 aromatic carbocycles. The van der Waals surface area contributed by atoms with Gasteiger partial charge in [0.25, 0.3) is 0 Å². The molecular weight excluding hydrogens is 248 g/mol. The van der Waals surface area contributed by atoms with E-state index in [0.717, 1.165) is 31.0 Å². The average molecular weight is 282 g/mol. The molecule has 2 aliphatic rings. The van der Waals surface area contributed by atoms with Crippen LogP contribution in [0.4, 0.5) is 0 Å². The van der Waals surface area contributed by atoms with E-state index in [2.05, 4.69) is 44.8 Å². The third kappa shape index (κ3) is 3.96. The van der Waals surface area contributed by atoms with Crippen LogP contribution in [0.2, 0.25) is 0 Å². The molecule has 1 saturated carbocycles. The van der Waals surface area contributed by atoms with E-state index < -0.39 is 0 Å². The fourth-order valence-electron chi connectivity index (χ4n) is 3.80. The van der Waals surface area contributed by atoms with Crippen LogP contribution in [0, 0.1) is 11.8 Å². The third-order valence-corrected chi connectivity index (χ3v) is 4.94. The summed E-state index contributed by atoms with van der Waals surface area (Å²) in [5.74, 6) is 1.51. The molecule has 2 rings (SSSR count). The van der Waals surface area contributed by atoms with Gasteiger partial charge in [-0.1, -0.05) is 27.7 Å². The topological polar surface area (TPSA) is 24.5 Å². The lowest BCUT2D eigenvalue weighted by Crippen LogP contribution is -2.64. The van der Waals surface area contributed by atoms with E-state index in [1.54, 1.807) is 0 Å². The first-order valence-corrected chi connectivity index (χ1v) is 8.62. The van der Waals surface area contributed by atoms with Crippen LogP contribution in [-0.2, 0) is 4.74 Å². The molecule has 1 aliphatic carbocycles. The molecule has 0 spiro atoms. The van der Waals surface area contributed by atoms with Gasteiger partial charge in [0.05, 0.1) is 6.10 Å². The Morgan fingerprint density at radius 3 is 2.45 bits per heavy atom. The van der Waals surface area contributed by atoms with E-state index in [1.807, 2.05) is 0 Å². The molecule has 1 aliphatic heterocycles. The molecule has 2 fully saturated rings. The van der Waals surface area contributed by atoms with Crippen LogP contribution in [0.1, 0.15) is 53.9 Å². The molecule has 0 amide bonds. The zero-order valence-corrected chi connectivity index (χ0v) is 14.1. The fourth-order valence-corrected chi connectivity index (χ4v) is 3.80. The SMILES string of the molecule is CCOC1CC(N2CC(CC(C)C)NCC2C(C)C)C1. The van der Waals surface area contributed by atoms with Crippen molar-refractivity contribution in [2.24, 2.45) is 11.8 Å². The lowest BCUT2D eigenvalue weighted by atomic mass is 9.83. The van der Waals surface area contributed by atoms with Crippen LogP contribution < -0.4 is 5.32 Å². The standard InChI is InChI=1S/C17H34N2O/c1-6-20-16-8-15(9-16)19-11-14(7-12(2)3)18-10-17(19)13(4)5/h12-18H,6-11H2,1-5H3. The Morgan fingerprint density at radius 1 is 1.20 bits per heavy atom. The van der Waals surface area contributed by atoms with E-state index in [-0.39, 0.29) is 0 Å². The molecule has 1 heterocycles. The van der Waals surface area contributed by atoms with Gasteiger partial charge in [-0.25, -0.2) is 0 Å². The molecule has 0 bridgehead atoms. The summed E-state index contributed by atoms with van der Waals surface area (Å²) in [4.78, 5) is 2.80. The first-order chi connectivity index (χ1) is 9.51. The first-order valence-electron chi connectivity index (χ1n) is 8.62. The summed E-state index contributed by atoms with van der Waals surface area (Å²) in [6.45, 7) is 14.7. The number of ether oxygens (including phenoxy) is 1. The summed E-state index contributed by atoms with van der Waals surface area (Å²) >= 11 is 0. The zero-order valence-electron chi connectivity index (χ0n) is 14.1. The normalized spacial score (nSPS) is 35.5. The summed E-state index contributed by atoms with van der Waals surface area (Å²) in [6, 6.07) is 2.14. The second-order valence-electron chi connectivity index (χ2n) is 7.45. The Labute approximate surface area is 125 Å². The fraction of sp³-hybridized carbons (Fsp3) is 1.00. The van der Waals surface area contributed by atoms with Crippen LogP contribution in [0.3, 0.4) is 0 Å². The van der Waals surface area contributed by atoms with Crippen LogP contribution in [0.5, 0.6) is 0 Å². The van der Waals surface area contributed by atoms with Crippen LogP contribution in [0.15, 0.2) is 0 Å². The van der Waals surface area contributed by atoms with Gasteiger partial charge in [0, 0.05) is 37.8 Å². The number of hydrogen-bond acceptors (Lipinski definition) is 3. The maximum Gasteiger partial charge on any atom is 0.0604 e. The Bertz CT molecular complexity index is 287. The third-order valence-electron chi connectivity index (χ3n) is 4.94. The highest BCUT2D eigenvalue weighted by atomic mass is 16.5. The van der Waals surface area contributed by atoms with Crippen molar-refractivity contribution in [3.63, 3.8) is 0 Å². The summed E-state index contributed by atoms with van der Waals surface area (Å²) < 4.78 is 5.74. The van der Waals surface area contributed by atoms with Crippen molar-refractivity contribution in [1.29, 1.82) is 0 Å². The van der Waals surface area contributed by atoms with Crippen molar-refractivity contribution in [3.8, 4) is 0 Å². The van der Waals surface area contributed by atoms with E-state index in [0.29, 0.717) is 18.2 Å². The van der Waals surface area contributed by atoms with E-state index in [1.165, 1.54) is 25.8 Å². The monoisotopic (exact) mass is 282 g/mol. The van der Waals surface area contributed by atoms with Gasteiger partial charge in [0.15, 0.2) is 0 Å². The molecule has 1 saturated heterocycles. The van der Waals surface area contributed by atoms with Gasteiger partial charge in [0.1, 0.15) is 0 Å². The molecule has 3 heteroatoms. The number of piperazine rings is 1. The Morgan fingerprint density at radius 2 is 1.90 bits per heavy atom. The predicted octanol–water partition coefficient (Wildman–Crippen LogP) is 2.90. The average Bonchev–Trinajstić information content (AvgIpc) is 2.32. The maximum absolute atomic E-state index is 5.74. The van der Waals surface area contributed by atoms with E-state index in [4.69, 9.17) is 4.74 Å². The van der Waals surface area contributed by atoms with Crippen LogP contribution >= 0.6 is 0 Å². The van der Waals surface area contributed by atoms with Crippen LogP contribution in [0.25, 0.3) is 0 Å². The molecule has 1 N–H and O–H groups in total. The first kappa shape index (κ1) is 16.3. The lowest BCUT2D eigenvalue weighted by Gasteiger charge is -2.51. The summed E-state index contributed by atoms with van der Waals surface area (Å²) in [7, 11) is 0. The van der Waals surface area contributed by atoms with Crippen molar-refractivity contribution in [2.75, 3.05) is 19.7 Å². The minimum atomic E-state index is 0.524. The predicted molar refractivity (Wildman–Crippen MR) is 85.0 cm³/mol. The quantitative estimate of drug-likeness (QED) is 0.811. The van der Waals surface area contributed by atoms with Gasteiger partial charge in [-0.3, -0.25) is 4.90 Å². The van der Waals surface area contributed by atoms with Crippen molar-refractivity contribution in [3.05, 3.63) is 0 Å². The highest BCUT2D eigenvalue weighted by molar-refractivity contribution is 4.97. The van der Waals surface area contributed by atoms with Crippen molar-refractivity contribution in [1.82, 2.24) is 10.2 Å². The molecule has 118 valence electrons. The Kier molecular flexibility index (Phi) is 5.88. The Hall–Kier alpha value is -0.120. The van der Waals surface area contributed by atoms with Crippen molar-refractivity contribution >= 4 is 0 Å². The van der Waals surface area contributed by atoms with E-state index in [9.17, 15) is 0 Å². The summed E-state index contributed by atoms with van der Waals surface area (Å²) in [5, 5.41) is 3.78. The molecule has 0 aromatic rings. The summed E-state index contributed by atoms with van der Waals surface area (Å²) in [5.41, 5.74) is 0. The van der Waals surface area contributed by atoms with Gasteiger partial charge in [0.2, 0.25) is 0 Å². The molecule has 3 nitrogen and oxygen atoms in total. The molecular formula is C17H34N2O. The van der Waals surface area contributed by atoms with E-state index >= 15 is 0 Å². The van der Waals surface area contributed by atoms with Gasteiger partial charge in [-0.05, 0) is 38.0 Å². The number of rotatable bonds is 6. The lowest BCUT2D eigenvalue weighted by molar-refractivity contribution is -0.0734. The smallest absolute Gasteiger partial charge is 0.0604 e. The van der Waals surface area contributed by atoms with Gasteiger partial charge >= 0.3 is 0 Å². The summed E-state index contributed by atoms with van der Waals surface area (Å²) in [6.07, 6.45) is 4.30. The molecule has 2 unspecified atom stereocenters. The highest BCUT2D eigenvalue weighted by Crippen LogP contribution is 2.33. The zero-order chi connectivity index (χ0) is 14.7. The number of nitrogens with zero attached hydrogens (tertiary/aromatic N) is 1. The number of nitrogens with one attached hydrogen (secondary N) is 1. The van der Waals surface area contributed by atoms with Crippen molar-refractivity contribution in [2.45, 2.75) is 78.1 Å². The minimum absolute atomic E-state index is 0.524. The molecule has 2 atom stereocenters. The minimum Gasteiger partial charge on any atom is -0.378 e. The Balaban J connectivity index is 1.90. The second kappa shape index (κ2) is 7.24. The molecule has 0 radical (unpaired) electrons. The molecule has 0 aromatic heterocycles.